The number of hydrogen-bond acceptors (Lipinski definition) is 9. The third-order valence-corrected chi connectivity index (χ3v) is 0.797. The molecular formula is H3NO8S2. The van der Waals surface area contributed by atoms with Crippen LogP contribution in [0.4, 0.5) is 0 Å². The van der Waals surface area contributed by atoms with Crippen molar-refractivity contribution in [2.75, 3.05) is 0 Å². The highest BCUT2D eigenvalue weighted by molar-refractivity contribution is 7.89. The predicted molar refractivity (Wildman–Crippen MR) is 29.2 cm³/mol. The molecule has 0 saturated heterocycles. The molecule has 3 N–H and O–H groups in total. The van der Waals surface area contributed by atoms with Crippen LogP contribution in [-0.2, 0) is 28.3 Å². The summed E-state index contributed by atoms with van der Waals surface area (Å²) >= 11 is 0.0100. The van der Waals surface area contributed by atoms with Gasteiger partial charge in [-0.25, -0.2) is 5.26 Å². The van der Waals surface area contributed by atoms with Crippen LogP contribution in [0.5, 0.6) is 0 Å². The molecule has 0 saturated carbocycles. The number of nitrogens with one attached hydrogen (secondary N) is 1. The van der Waals surface area contributed by atoms with E-state index in [2.05, 4.69) is 17.9 Å². The van der Waals surface area contributed by atoms with Crippen LogP contribution in [0.3, 0.4) is 0 Å². The molecule has 0 amide bonds. The molecule has 11 heavy (non-hydrogen) atoms. The highest BCUT2D eigenvalue weighted by Crippen LogP contribution is 2.00. The fourth-order valence-corrected chi connectivity index (χ4v) is 0.375. The molecule has 0 radical (unpaired) electrons. The van der Waals surface area contributed by atoms with E-state index in [1.165, 1.54) is 5.64 Å². The van der Waals surface area contributed by atoms with Crippen LogP contribution < -0.4 is 5.64 Å². The van der Waals surface area contributed by atoms with Crippen LogP contribution in [0.2, 0.25) is 0 Å². The molecule has 11 heteroatoms. The Bertz CT molecular complexity index is 171. The van der Waals surface area contributed by atoms with Gasteiger partial charge in [0.2, 0.25) is 12.3 Å². The Morgan fingerprint density at radius 3 is 2.55 bits per heavy atom. The molecular weight excluding hydrogens is 206 g/mol. The van der Waals surface area contributed by atoms with E-state index in [0.29, 0.717) is 0 Å². The monoisotopic (exact) mass is 209 g/mol. The summed E-state index contributed by atoms with van der Waals surface area (Å²) in [7, 11) is -4.62. The van der Waals surface area contributed by atoms with Crippen molar-refractivity contribution in [3.05, 3.63) is 0 Å². The Hall–Kier alpha value is 0.0200. The summed E-state index contributed by atoms with van der Waals surface area (Å²) in [6.07, 6.45) is 0. The average molecular weight is 209 g/mol. The van der Waals surface area contributed by atoms with E-state index in [1.54, 1.807) is 0 Å². The molecule has 68 valence electrons. The molecule has 0 heterocycles. The predicted octanol–water partition coefficient (Wildman–Crippen LogP) is -0.774. The van der Waals surface area contributed by atoms with Crippen molar-refractivity contribution in [2.24, 2.45) is 0 Å². The second kappa shape index (κ2) is 5.64. The van der Waals surface area contributed by atoms with Crippen molar-refractivity contribution in [3.63, 3.8) is 0 Å². The standard InChI is InChI=1S/H3NO8S2/c2-8-9-10-6-1-7-11(3,4)5/h1-2H,(H,3,4,5). The summed E-state index contributed by atoms with van der Waals surface area (Å²) in [6.45, 7) is 0. The first-order chi connectivity index (χ1) is 5.06. The highest BCUT2D eigenvalue weighted by Gasteiger charge is 2.03. The van der Waals surface area contributed by atoms with Crippen LogP contribution >= 0.6 is 12.3 Å². The summed E-state index contributed by atoms with van der Waals surface area (Å²) in [5.74, 6) is 0. The van der Waals surface area contributed by atoms with Gasteiger partial charge < -0.3 is 0 Å². The first-order valence-corrected chi connectivity index (χ1v) is 3.81. The molecule has 0 aliphatic heterocycles. The fraction of sp³-hybridized carbons (Fsp3) is 0. The van der Waals surface area contributed by atoms with Gasteiger partial charge in [0.05, 0.1) is 0 Å². The molecule has 0 fully saturated rings. The van der Waals surface area contributed by atoms with Crippen molar-refractivity contribution < 1.29 is 36.2 Å². The van der Waals surface area contributed by atoms with Crippen LogP contribution in [-0.4, -0.2) is 18.2 Å². The Morgan fingerprint density at radius 2 is 2.09 bits per heavy atom. The summed E-state index contributed by atoms with van der Waals surface area (Å²) in [4.78, 5) is 0. The molecule has 0 unspecified atom stereocenters. The lowest BCUT2D eigenvalue weighted by atomic mass is 13.3. The Balaban J connectivity index is 3.16. The molecule has 0 aromatic rings. The van der Waals surface area contributed by atoms with Gasteiger partial charge >= 0.3 is 10.4 Å². The minimum absolute atomic E-state index is 0.0100. The highest BCUT2D eigenvalue weighted by atomic mass is 32.3. The van der Waals surface area contributed by atoms with Crippen molar-refractivity contribution in [2.45, 2.75) is 0 Å². The molecule has 0 aliphatic rings. The lowest BCUT2D eigenvalue weighted by Gasteiger charge is -1.97. The zero-order chi connectivity index (χ0) is 8.74. The van der Waals surface area contributed by atoms with Crippen molar-refractivity contribution in [3.8, 4) is 0 Å². The Kier molecular flexibility index (Phi) is 5.65. The minimum Gasteiger partial charge on any atom is -0.262 e. The van der Waals surface area contributed by atoms with E-state index < -0.39 is 10.4 Å². The van der Waals surface area contributed by atoms with Crippen molar-refractivity contribution in [1.29, 1.82) is 0 Å². The molecule has 0 aliphatic carbocycles. The molecule has 0 aromatic heterocycles. The van der Waals surface area contributed by atoms with Gasteiger partial charge in [-0.2, -0.15) is 12.7 Å². The smallest absolute Gasteiger partial charge is 0.262 e. The molecule has 9 nitrogen and oxygen atoms in total. The summed E-state index contributed by atoms with van der Waals surface area (Å²) in [6, 6.07) is 0. The second-order valence-corrected chi connectivity index (χ2v) is 2.35. The van der Waals surface area contributed by atoms with Gasteiger partial charge in [0.15, 0.2) is 0 Å². The minimum atomic E-state index is -4.62. The number of hydrogen-bond donors (Lipinski definition) is 3. The third-order valence-electron chi connectivity index (χ3n) is 0.266. The third kappa shape index (κ3) is 10.0. The second-order valence-electron chi connectivity index (χ2n) is 0.888. The van der Waals surface area contributed by atoms with Gasteiger partial charge in [-0.15, -0.1) is 8.62 Å². The van der Waals surface area contributed by atoms with Crippen molar-refractivity contribution >= 4 is 22.7 Å². The lowest BCUT2D eigenvalue weighted by molar-refractivity contribution is -0.435. The molecule has 0 atom stereocenters. The lowest BCUT2D eigenvalue weighted by Crippen LogP contribution is -2.17. The molecule has 0 spiro atoms. The first kappa shape index (κ1) is 11.0. The van der Waals surface area contributed by atoms with Crippen LogP contribution in [0, 0.1) is 0 Å². The first-order valence-electron chi connectivity index (χ1n) is 1.77. The Labute approximate surface area is 65.3 Å². The summed E-state index contributed by atoms with van der Waals surface area (Å²) < 4.78 is 38.1. The van der Waals surface area contributed by atoms with Crippen LogP contribution in [0.25, 0.3) is 0 Å². The van der Waals surface area contributed by atoms with Gasteiger partial charge in [-0.05, 0) is 5.64 Å². The van der Waals surface area contributed by atoms with Gasteiger partial charge in [-0.1, -0.05) is 5.04 Å². The maximum absolute atomic E-state index is 9.72. The van der Waals surface area contributed by atoms with Gasteiger partial charge in [-0.3, -0.25) is 4.55 Å². The quantitative estimate of drug-likeness (QED) is 0.169. The summed E-state index contributed by atoms with van der Waals surface area (Å²) in [5, 5.41) is 10.5. The topological polar surface area (TPSA) is 124 Å². The van der Waals surface area contributed by atoms with Gasteiger partial charge in [0.1, 0.15) is 0 Å². The van der Waals surface area contributed by atoms with Crippen LogP contribution in [0.1, 0.15) is 0 Å². The summed E-state index contributed by atoms with van der Waals surface area (Å²) in [5.41, 5.74) is 1.27. The van der Waals surface area contributed by atoms with Gasteiger partial charge in [0, 0.05) is 0 Å². The van der Waals surface area contributed by atoms with E-state index in [4.69, 9.17) is 9.81 Å². The van der Waals surface area contributed by atoms with E-state index in [1.807, 2.05) is 0 Å². The van der Waals surface area contributed by atoms with Crippen molar-refractivity contribution in [1.82, 2.24) is 5.64 Å². The largest absolute Gasteiger partial charge is 0.415 e. The maximum Gasteiger partial charge on any atom is 0.415 e. The maximum atomic E-state index is 9.72. The van der Waals surface area contributed by atoms with E-state index in [0.717, 1.165) is 0 Å². The molecule has 0 bridgehead atoms. The zero-order valence-electron chi connectivity index (χ0n) is 4.66. The Morgan fingerprint density at radius 1 is 1.45 bits per heavy atom. The van der Waals surface area contributed by atoms with E-state index in [9.17, 15) is 8.42 Å². The molecule has 0 aromatic carbocycles. The zero-order valence-corrected chi connectivity index (χ0v) is 6.29. The van der Waals surface area contributed by atoms with Crippen LogP contribution in [0.15, 0.2) is 0 Å². The molecule has 0 rings (SSSR count). The SMILES string of the molecule is O=S(=O)(O)ONOSOOO. The van der Waals surface area contributed by atoms with E-state index >= 15 is 0 Å². The normalized spacial score (nSPS) is 11.8. The fourth-order valence-electron chi connectivity index (χ4n) is 0.0971. The average Bonchev–Trinajstić information content (AvgIpc) is 1.85. The van der Waals surface area contributed by atoms with Gasteiger partial charge in [0.25, 0.3) is 0 Å². The number of rotatable bonds is 6. The van der Waals surface area contributed by atoms with E-state index in [-0.39, 0.29) is 12.3 Å².